The third-order valence-electron chi connectivity index (χ3n) is 3.12. The Hall–Kier alpha value is -1.01. The Kier molecular flexibility index (Phi) is 3.68. The van der Waals surface area contributed by atoms with Gasteiger partial charge in [-0.05, 0) is 48.3 Å². The second kappa shape index (κ2) is 4.93. The van der Waals surface area contributed by atoms with Gasteiger partial charge in [-0.1, -0.05) is 0 Å². The first-order valence-corrected chi connectivity index (χ1v) is 6.43. The van der Waals surface area contributed by atoms with Crippen LogP contribution in [0.15, 0.2) is 16.6 Å². The van der Waals surface area contributed by atoms with Gasteiger partial charge in [0.15, 0.2) is 5.82 Å². The van der Waals surface area contributed by atoms with E-state index < -0.39 is 17.2 Å². The van der Waals surface area contributed by atoms with Crippen molar-refractivity contribution in [1.29, 1.82) is 0 Å². The fourth-order valence-electron chi connectivity index (χ4n) is 2.00. The summed E-state index contributed by atoms with van der Waals surface area (Å²) in [4.78, 5) is 12.1. The Labute approximate surface area is 112 Å². The van der Waals surface area contributed by atoms with Crippen molar-refractivity contribution in [2.24, 2.45) is 0 Å². The van der Waals surface area contributed by atoms with Crippen LogP contribution in [0.2, 0.25) is 0 Å². The van der Waals surface area contributed by atoms with Crippen LogP contribution in [0.4, 0.5) is 14.5 Å². The number of benzene rings is 1. The van der Waals surface area contributed by atoms with Crippen LogP contribution >= 0.6 is 15.9 Å². The third-order valence-corrected chi connectivity index (χ3v) is 3.74. The standard InChI is InChI=1S/C12H13BrF2N2O/c1-12(3-2-4-16-12)11(18)17-10-8(13)5-7(14)6-9(10)15/h5-6,16H,2-4H2,1H3,(H,17,18). The lowest BCUT2D eigenvalue weighted by Gasteiger charge is -2.23. The number of hydrogen-bond donors (Lipinski definition) is 2. The zero-order chi connectivity index (χ0) is 13.3. The van der Waals surface area contributed by atoms with E-state index in [-0.39, 0.29) is 16.1 Å². The maximum absolute atomic E-state index is 13.6. The summed E-state index contributed by atoms with van der Waals surface area (Å²) in [5.74, 6) is -1.80. The lowest BCUT2D eigenvalue weighted by atomic mass is 9.99. The molecule has 0 radical (unpaired) electrons. The first-order valence-electron chi connectivity index (χ1n) is 5.63. The van der Waals surface area contributed by atoms with Gasteiger partial charge in [0.05, 0.1) is 11.2 Å². The van der Waals surface area contributed by atoms with E-state index in [1.807, 2.05) is 0 Å². The summed E-state index contributed by atoms with van der Waals surface area (Å²) in [7, 11) is 0. The van der Waals surface area contributed by atoms with Gasteiger partial charge >= 0.3 is 0 Å². The van der Waals surface area contributed by atoms with Gasteiger partial charge in [0.1, 0.15) is 5.82 Å². The molecule has 18 heavy (non-hydrogen) atoms. The number of amides is 1. The summed E-state index contributed by atoms with van der Waals surface area (Å²) >= 11 is 3.04. The van der Waals surface area contributed by atoms with Crippen molar-refractivity contribution in [3.8, 4) is 0 Å². The second-order valence-electron chi connectivity index (χ2n) is 4.56. The molecule has 2 rings (SSSR count). The lowest BCUT2D eigenvalue weighted by molar-refractivity contribution is -0.121. The number of carbonyl (C=O) groups excluding carboxylic acids is 1. The van der Waals surface area contributed by atoms with E-state index in [4.69, 9.17) is 0 Å². The van der Waals surface area contributed by atoms with Crippen molar-refractivity contribution >= 4 is 27.5 Å². The molecule has 0 bridgehead atoms. The summed E-state index contributed by atoms with van der Waals surface area (Å²) in [5, 5.41) is 5.58. The lowest BCUT2D eigenvalue weighted by Crippen LogP contribution is -2.48. The molecule has 1 fully saturated rings. The Morgan fingerprint density at radius 1 is 1.50 bits per heavy atom. The summed E-state index contributed by atoms with van der Waals surface area (Å²) in [6.07, 6.45) is 1.59. The molecule has 0 spiro atoms. The van der Waals surface area contributed by atoms with Crippen LogP contribution in [0.1, 0.15) is 19.8 Å². The number of anilines is 1. The van der Waals surface area contributed by atoms with Crippen molar-refractivity contribution < 1.29 is 13.6 Å². The normalized spacial score (nSPS) is 23.1. The fourth-order valence-corrected chi connectivity index (χ4v) is 2.51. The Morgan fingerprint density at radius 2 is 2.22 bits per heavy atom. The zero-order valence-corrected chi connectivity index (χ0v) is 11.4. The van der Waals surface area contributed by atoms with Crippen molar-refractivity contribution in [2.45, 2.75) is 25.3 Å². The predicted molar refractivity (Wildman–Crippen MR) is 68.3 cm³/mol. The largest absolute Gasteiger partial charge is 0.321 e. The topological polar surface area (TPSA) is 41.1 Å². The van der Waals surface area contributed by atoms with Crippen LogP contribution in [-0.2, 0) is 4.79 Å². The molecule has 98 valence electrons. The molecule has 2 N–H and O–H groups in total. The Morgan fingerprint density at radius 3 is 2.78 bits per heavy atom. The molecule has 6 heteroatoms. The SMILES string of the molecule is CC1(C(=O)Nc2c(F)cc(F)cc2Br)CCCN1. The van der Waals surface area contributed by atoms with E-state index in [1.54, 1.807) is 6.92 Å². The third kappa shape index (κ3) is 2.54. The highest BCUT2D eigenvalue weighted by atomic mass is 79.9. The number of halogens is 3. The summed E-state index contributed by atoms with van der Waals surface area (Å²) < 4.78 is 26.7. The van der Waals surface area contributed by atoms with Gasteiger partial charge in [-0.15, -0.1) is 0 Å². The van der Waals surface area contributed by atoms with Gasteiger partial charge in [0.2, 0.25) is 5.91 Å². The first-order chi connectivity index (χ1) is 8.42. The molecule has 1 heterocycles. The van der Waals surface area contributed by atoms with E-state index in [2.05, 4.69) is 26.6 Å². The quantitative estimate of drug-likeness (QED) is 0.880. The van der Waals surface area contributed by atoms with E-state index in [0.29, 0.717) is 6.42 Å². The van der Waals surface area contributed by atoms with Gasteiger partial charge in [-0.2, -0.15) is 0 Å². The highest BCUT2D eigenvalue weighted by Crippen LogP contribution is 2.29. The average Bonchev–Trinajstić information content (AvgIpc) is 2.71. The summed E-state index contributed by atoms with van der Waals surface area (Å²) in [6.45, 7) is 2.53. The van der Waals surface area contributed by atoms with Gasteiger partial charge in [0.25, 0.3) is 0 Å². The molecule has 0 aromatic heterocycles. The van der Waals surface area contributed by atoms with E-state index in [9.17, 15) is 13.6 Å². The van der Waals surface area contributed by atoms with Crippen molar-refractivity contribution in [3.05, 3.63) is 28.2 Å². The van der Waals surface area contributed by atoms with E-state index >= 15 is 0 Å². The van der Waals surface area contributed by atoms with Crippen LogP contribution in [-0.4, -0.2) is 18.0 Å². The minimum Gasteiger partial charge on any atom is -0.321 e. The van der Waals surface area contributed by atoms with E-state index in [1.165, 1.54) is 0 Å². The van der Waals surface area contributed by atoms with Gasteiger partial charge in [0, 0.05) is 10.5 Å². The van der Waals surface area contributed by atoms with Gasteiger partial charge < -0.3 is 10.6 Å². The Balaban J connectivity index is 2.22. The van der Waals surface area contributed by atoms with E-state index in [0.717, 1.165) is 25.1 Å². The van der Waals surface area contributed by atoms with Gasteiger partial charge in [-0.3, -0.25) is 4.79 Å². The molecule has 1 aliphatic rings. The second-order valence-corrected chi connectivity index (χ2v) is 5.42. The maximum atomic E-state index is 13.6. The van der Waals surface area contributed by atoms with Crippen LogP contribution in [0.25, 0.3) is 0 Å². The highest BCUT2D eigenvalue weighted by molar-refractivity contribution is 9.10. The predicted octanol–water partition coefficient (Wildman–Crippen LogP) is 2.81. The smallest absolute Gasteiger partial charge is 0.244 e. The number of hydrogen-bond acceptors (Lipinski definition) is 2. The van der Waals surface area contributed by atoms with Crippen LogP contribution in [0.5, 0.6) is 0 Å². The molecule has 1 aliphatic heterocycles. The molecule has 1 aromatic carbocycles. The number of rotatable bonds is 2. The molecular formula is C12H13BrF2N2O. The fraction of sp³-hybridized carbons (Fsp3) is 0.417. The average molecular weight is 319 g/mol. The zero-order valence-electron chi connectivity index (χ0n) is 9.82. The van der Waals surface area contributed by atoms with Gasteiger partial charge in [-0.25, -0.2) is 8.78 Å². The Bertz CT molecular complexity index is 464. The molecule has 1 amide bonds. The maximum Gasteiger partial charge on any atom is 0.244 e. The molecule has 3 nitrogen and oxygen atoms in total. The molecule has 1 atom stereocenters. The minimum absolute atomic E-state index is 0.0312. The van der Waals surface area contributed by atoms with Crippen LogP contribution in [0, 0.1) is 11.6 Å². The summed E-state index contributed by atoms with van der Waals surface area (Å²) in [6, 6.07) is 1.86. The summed E-state index contributed by atoms with van der Waals surface area (Å²) in [5.41, 5.74) is -0.725. The number of carbonyl (C=O) groups is 1. The van der Waals surface area contributed by atoms with Crippen LogP contribution in [0.3, 0.4) is 0 Å². The monoisotopic (exact) mass is 318 g/mol. The molecule has 1 saturated heterocycles. The van der Waals surface area contributed by atoms with Crippen LogP contribution < -0.4 is 10.6 Å². The minimum atomic E-state index is -0.795. The molecule has 0 saturated carbocycles. The molecule has 1 unspecified atom stereocenters. The molecule has 0 aliphatic carbocycles. The van der Waals surface area contributed by atoms with Crippen molar-refractivity contribution in [3.63, 3.8) is 0 Å². The van der Waals surface area contributed by atoms with Crippen molar-refractivity contribution in [1.82, 2.24) is 5.32 Å². The number of nitrogens with one attached hydrogen (secondary N) is 2. The highest BCUT2D eigenvalue weighted by Gasteiger charge is 2.36. The molecule has 1 aromatic rings. The van der Waals surface area contributed by atoms with Crippen molar-refractivity contribution in [2.75, 3.05) is 11.9 Å². The molecular weight excluding hydrogens is 306 g/mol. The first kappa shape index (κ1) is 13.4.